The summed E-state index contributed by atoms with van der Waals surface area (Å²) >= 11 is 0. The Balaban J connectivity index is 2.58. The van der Waals surface area contributed by atoms with Crippen LogP contribution in [0, 0.1) is 0 Å². The molecule has 0 radical (unpaired) electrons. The topological polar surface area (TPSA) is 103 Å². The molecule has 0 saturated carbocycles. The van der Waals surface area contributed by atoms with Crippen LogP contribution < -0.4 is 11.5 Å². The van der Waals surface area contributed by atoms with Crippen LogP contribution in [-0.2, 0) is 4.79 Å². The molecule has 26 heavy (non-hydrogen) atoms. The molecule has 0 fully saturated rings. The standard InChI is InChI=1S/C21H22N2O3/c1-3-17(22)18(13(2)21(23)26)20(25)16-12-8-7-11-15(16)19(24)14-9-5-4-6-10-14/h4-12,17H,3,22H2,1-2H3,(H2,23,26). The van der Waals surface area contributed by atoms with E-state index in [-0.39, 0.29) is 28.1 Å². The molecule has 5 heteroatoms. The van der Waals surface area contributed by atoms with Crippen LogP contribution in [0.3, 0.4) is 0 Å². The zero-order chi connectivity index (χ0) is 19.3. The van der Waals surface area contributed by atoms with E-state index >= 15 is 0 Å². The minimum absolute atomic E-state index is 0.117. The van der Waals surface area contributed by atoms with Gasteiger partial charge in [-0.2, -0.15) is 0 Å². The Morgan fingerprint density at radius 3 is 2.00 bits per heavy atom. The maximum Gasteiger partial charge on any atom is 0.244 e. The van der Waals surface area contributed by atoms with E-state index < -0.39 is 17.7 Å². The molecule has 0 bridgehead atoms. The molecule has 1 amide bonds. The lowest BCUT2D eigenvalue weighted by Gasteiger charge is -2.17. The summed E-state index contributed by atoms with van der Waals surface area (Å²) in [5.74, 6) is -1.42. The first-order valence-corrected chi connectivity index (χ1v) is 8.38. The average molecular weight is 350 g/mol. The van der Waals surface area contributed by atoms with Crippen molar-refractivity contribution in [1.29, 1.82) is 0 Å². The Hall–Kier alpha value is -3.05. The normalized spacial score (nSPS) is 12.9. The summed E-state index contributed by atoms with van der Waals surface area (Å²) in [7, 11) is 0. The predicted octanol–water partition coefficient (Wildman–Crippen LogP) is 2.64. The first-order valence-electron chi connectivity index (χ1n) is 8.38. The smallest absolute Gasteiger partial charge is 0.244 e. The maximum absolute atomic E-state index is 13.1. The second-order valence-electron chi connectivity index (χ2n) is 5.99. The minimum Gasteiger partial charge on any atom is -0.366 e. The van der Waals surface area contributed by atoms with Crippen LogP contribution in [0.15, 0.2) is 65.7 Å². The van der Waals surface area contributed by atoms with Gasteiger partial charge >= 0.3 is 0 Å². The number of nitrogens with two attached hydrogens (primary N) is 2. The second kappa shape index (κ2) is 8.36. The summed E-state index contributed by atoms with van der Waals surface area (Å²) in [5, 5.41) is 0. The SMILES string of the molecule is CCC(N)C(C(=O)c1ccccc1C(=O)c1ccccc1)=C(C)C(N)=O. The molecular formula is C21H22N2O3. The summed E-state index contributed by atoms with van der Waals surface area (Å²) in [6, 6.07) is 14.6. The Kier molecular flexibility index (Phi) is 6.20. The number of benzene rings is 2. The van der Waals surface area contributed by atoms with E-state index in [9.17, 15) is 14.4 Å². The summed E-state index contributed by atoms with van der Waals surface area (Å²) in [5.41, 5.74) is 12.6. The quantitative estimate of drug-likeness (QED) is 0.592. The molecule has 1 unspecified atom stereocenters. The number of amides is 1. The lowest BCUT2D eigenvalue weighted by Crippen LogP contribution is -2.31. The van der Waals surface area contributed by atoms with Crippen LogP contribution in [0.2, 0.25) is 0 Å². The number of ketones is 2. The molecule has 2 rings (SSSR count). The van der Waals surface area contributed by atoms with Crippen molar-refractivity contribution in [3.63, 3.8) is 0 Å². The second-order valence-corrected chi connectivity index (χ2v) is 5.99. The first kappa shape index (κ1) is 19.3. The molecular weight excluding hydrogens is 328 g/mol. The van der Waals surface area contributed by atoms with Gasteiger partial charge in [0.15, 0.2) is 11.6 Å². The highest BCUT2D eigenvalue weighted by atomic mass is 16.1. The fraction of sp³-hybridized carbons (Fsp3) is 0.190. The monoisotopic (exact) mass is 350 g/mol. The maximum atomic E-state index is 13.1. The van der Waals surface area contributed by atoms with E-state index in [1.165, 1.54) is 6.92 Å². The van der Waals surface area contributed by atoms with Gasteiger partial charge in [0.2, 0.25) is 5.91 Å². The summed E-state index contributed by atoms with van der Waals surface area (Å²) in [6.45, 7) is 3.29. The number of Topliss-reactive ketones (excluding diaryl/α,β-unsaturated/α-hetero) is 1. The number of hydrogen-bond donors (Lipinski definition) is 2. The van der Waals surface area contributed by atoms with Crippen molar-refractivity contribution in [2.75, 3.05) is 0 Å². The van der Waals surface area contributed by atoms with Gasteiger partial charge in [0.05, 0.1) is 0 Å². The van der Waals surface area contributed by atoms with Crippen LogP contribution in [-0.4, -0.2) is 23.5 Å². The molecule has 2 aromatic rings. The van der Waals surface area contributed by atoms with Crippen LogP contribution in [0.25, 0.3) is 0 Å². The van der Waals surface area contributed by atoms with E-state index in [1.807, 2.05) is 13.0 Å². The van der Waals surface area contributed by atoms with E-state index in [0.29, 0.717) is 12.0 Å². The Bertz CT molecular complexity index is 870. The predicted molar refractivity (Wildman–Crippen MR) is 101 cm³/mol. The van der Waals surface area contributed by atoms with Crippen molar-refractivity contribution in [2.24, 2.45) is 11.5 Å². The van der Waals surface area contributed by atoms with Gasteiger partial charge in [-0.05, 0) is 13.3 Å². The first-order chi connectivity index (χ1) is 12.4. The van der Waals surface area contributed by atoms with E-state index in [1.54, 1.807) is 48.5 Å². The van der Waals surface area contributed by atoms with Gasteiger partial charge in [0, 0.05) is 33.9 Å². The molecule has 4 N–H and O–H groups in total. The molecule has 0 spiro atoms. The molecule has 1 atom stereocenters. The number of hydrogen-bond acceptors (Lipinski definition) is 4. The molecule has 5 nitrogen and oxygen atoms in total. The van der Waals surface area contributed by atoms with Crippen molar-refractivity contribution >= 4 is 17.5 Å². The van der Waals surface area contributed by atoms with Crippen LogP contribution in [0.1, 0.15) is 46.5 Å². The Labute approximate surface area is 152 Å². The molecule has 0 aromatic heterocycles. The largest absolute Gasteiger partial charge is 0.366 e. The van der Waals surface area contributed by atoms with Gasteiger partial charge < -0.3 is 11.5 Å². The Morgan fingerprint density at radius 2 is 1.46 bits per heavy atom. The van der Waals surface area contributed by atoms with Gasteiger partial charge in [-0.25, -0.2) is 0 Å². The lowest BCUT2D eigenvalue weighted by molar-refractivity contribution is -0.114. The van der Waals surface area contributed by atoms with Gasteiger partial charge in [-0.1, -0.05) is 61.5 Å². The van der Waals surface area contributed by atoms with E-state index in [4.69, 9.17) is 11.5 Å². The zero-order valence-corrected chi connectivity index (χ0v) is 14.9. The zero-order valence-electron chi connectivity index (χ0n) is 14.9. The van der Waals surface area contributed by atoms with Gasteiger partial charge in [0.1, 0.15) is 0 Å². The molecule has 134 valence electrons. The number of primary amides is 1. The highest BCUT2D eigenvalue weighted by Crippen LogP contribution is 2.22. The van der Waals surface area contributed by atoms with E-state index in [0.717, 1.165) is 0 Å². The fourth-order valence-electron chi connectivity index (χ4n) is 2.72. The molecule has 0 saturated heterocycles. The van der Waals surface area contributed by atoms with E-state index in [2.05, 4.69) is 0 Å². The number of rotatable bonds is 7. The average Bonchev–Trinajstić information content (AvgIpc) is 2.67. The Morgan fingerprint density at radius 1 is 0.923 bits per heavy atom. The molecule has 0 heterocycles. The third-order valence-corrected chi connectivity index (χ3v) is 4.28. The third kappa shape index (κ3) is 3.95. The van der Waals surface area contributed by atoms with Crippen molar-refractivity contribution in [3.05, 3.63) is 82.4 Å². The third-order valence-electron chi connectivity index (χ3n) is 4.28. The van der Waals surface area contributed by atoms with Gasteiger partial charge in [-0.15, -0.1) is 0 Å². The number of carbonyl (C=O) groups is 3. The fourth-order valence-corrected chi connectivity index (χ4v) is 2.72. The van der Waals surface area contributed by atoms with Crippen LogP contribution in [0.5, 0.6) is 0 Å². The minimum atomic E-state index is -0.705. The highest BCUT2D eigenvalue weighted by Gasteiger charge is 2.26. The van der Waals surface area contributed by atoms with Crippen LogP contribution in [0.4, 0.5) is 0 Å². The van der Waals surface area contributed by atoms with Gasteiger partial charge in [0.25, 0.3) is 0 Å². The van der Waals surface area contributed by atoms with Crippen molar-refractivity contribution in [2.45, 2.75) is 26.3 Å². The van der Waals surface area contributed by atoms with Crippen molar-refractivity contribution < 1.29 is 14.4 Å². The van der Waals surface area contributed by atoms with Crippen molar-refractivity contribution in [3.8, 4) is 0 Å². The van der Waals surface area contributed by atoms with Crippen LogP contribution >= 0.6 is 0 Å². The summed E-state index contributed by atoms with van der Waals surface area (Å²) in [6.07, 6.45) is 0.459. The number of carbonyl (C=O) groups excluding carboxylic acids is 3. The highest BCUT2D eigenvalue weighted by molar-refractivity contribution is 6.21. The molecule has 0 aliphatic heterocycles. The molecule has 0 aliphatic carbocycles. The lowest BCUT2D eigenvalue weighted by atomic mass is 9.88. The summed E-state index contributed by atoms with van der Waals surface area (Å²) in [4.78, 5) is 37.6. The summed E-state index contributed by atoms with van der Waals surface area (Å²) < 4.78 is 0. The van der Waals surface area contributed by atoms with Gasteiger partial charge in [-0.3, -0.25) is 14.4 Å². The molecule has 2 aromatic carbocycles. The van der Waals surface area contributed by atoms with Crippen molar-refractivity contribution in [1.82, 2.24) is 0 Å². The molecule has 0 aliphatic rings.